The molecule has 0 aliphatic carbocycles. The van der Waals surface area contributed by atoms with Crippen molar-refractivity contribution in [3.63, 3.8) is 0 Å². The molecule has 1 heterocycles. The first-order valence-corrected chi connectivity index (χ1v) is 9.37. The molecule has 3 amide bonds. The molecule has 2 aromatic carbocycles. The van der Waals surface area contributed by atoms with Crippen molar-refractivity contribution < 1.29 is 23.9 Å². The van der Waals surface area contributed by atoms with E-state index in [1.165, 1.54) is 7.11 Å². The molecule has 0 aromatic heterocycles. The fourth-order valence-electron chi connectivity index (χ4n) is 3.29. The lowest BCUT2D eigenvalue weighted by Gasteiger charge is -2.17. The van der Waals surface area contributed by atoms with Crippen LogP contribution in [0.25, 0.3) is 0 Å². The summed E-state index contributed by atoms with van der Waals surface area (Å²) < 4.78 is 4.78. The predicted molar refractivity (Wildman–Crippen MR) is 105 cm³/mol. The Balaban J connectivity index is 1.53. The number of hydrogen-bond donors (Lipinski definition) is 1. The standard InChI is InChI=1S/C22H22N2O5/c1-29-22(28)18(14-15-8-3-2-4-9-15)23-19(25)12-7-13-24-20(26)16-10-5-6-11-17(16)21(24)27/h2-6,8-11,18H,7,12-14H2,1H3,(H,23,25). The Morgan fingerprint density at radius 3 is 2.14 bits per heavy atom. The SMILES string of the molecule is COC(=O)C(Cc1ccccc1)NC(=O)CCCN1C(=O)c2ccccc2C1=O. The summed E-state index contributed by atoms with van der Waals surface area (Å²) in [5, 5.41) is 2.68. The minimum Gasteiger partial charge on any atom is -0.467 e. The van der Waals surface area contributed by atoms with Crippen LogP contribution in [-0.2, 0) is 20.7 Å². The van der Waals surface area contributed by atoms with Crippen LogP contribution in [0.1, 0.15) is 39.1 Å². The number of hydrogen-bond acceptors (Lipinski definition) is 5. The van der Waals surface area contributed by atoms with Crippen LogP contribution >= 0.6 is 0 Å². The molecule has 1 N–H and O–H groups in total. The molecule has 150 valence electrons. The van der Waals surface area contributed by atoms with Gasteiger partial charge in [0.1, 0.15) is 6.04 Å². The first kappa shape index (κ1) is 20.3. The second kappa shape index (κ2) is 9.14. The van der Waals surface area contributed by atoms with Crippen molar-refractivity contribution in [1.82, 2.24) is 10.2 Å². The second-order valence-corrected chi connectivity index (χ2v) is 6.74. The molecule has 0 fully saturated rings. The Bertz CT molecular complexity index is 891. The summed E-state index contributed by atoms with van der Waals surface area (Å²) in [4.78, 5) is 50.1. The van der Waals surface area contributed by atoms with E-state index in [2.05, 4.69) is 5.32 Å². The molecular weight excluding hydrogens is 372 g/mol. The summed E-state index contributed by atoms with van der Waals surface area (Å²) in [6.07, 6.45) is 0.698. The highest BCUT2D eigenvalue weighted by Crippen LogP contribution is 2.22. The van der Waals surface area contributed by atoms with Crippen molar-refractivity contribution >= 4 is 23.7 Å². The highest BCUT2D eigenvalue weighted by atomic mass is 16.5. The maximum atomic E-state index is 12.3. The van der Waals surface area contributed by atoms with Crippen LogP contribution in [0.3, 0.4) is 0 Å². The van der Waals surface area contributed by atoms with Gasteiger partial charge >= 0.3 is 5.97 Å². The number of carbonyl (C=O) groups excluding carboxylic acids is 4. The maximum Gasteiger partial charge on any atom is 0.328 e. The number of amides is 3. The number of ether oxygens (including phenoxy) is 1. The average molecular weight is 394 g/mol. The molecule has 0 saturated heterocycles. The summed E-state index contributed by atoms with van der Waals surface area (Å²) in [7, 11) is 1.27. The van der Waals surface area contributed by atoms with E-state index in [-0.39, 0.29) is 30.7 Å². The van der Waals surface area contributed by atoms with Crippen molar-refractivity contribution in [3.8, 4) is 0 Å². The number of benzene rings is 2. The summed E-state index contributed by atoms with van der Waals surface area (Å²) in [6, 6.07) is 15.2. The summed E-state index contributed by atoms with van der Waals surface area (Å²) in [5.41, 5.74) is 1.67. The summed E-state index contributed by atoms with van der Waals surface area (Å²) in [5.74, 6) is -1.56. The Labute approximate surface area is 168 Å². The zero-order chi connectivity index (χ0) is 20.8. The minimum atomic E-state index is -0.797. The second-order valence-electron chi connectivity index (χ2n) is 6.74. The van der Waals surface area contributed by atoms with Crippen LogP contribution in [0.15, 0.2) is 54.6 Å². The topological polar surface area (TPSA) is 92.8 Å². The average Bonchev–Trinajstić information content (AvgIpc) is 2.98. The summed E-state index contributed by atoms with van der Waals surface area (Å²) in [6.45, 7) is 0.140. The van der Waals surface area contributed by atoms with Gasteiger partial charge < -0.3 is 10.1 Å². The van der Waals surface area contributed by atoms with Gasteiger partial charge in [-0.15, -0.1) is 0 Å². The van der Waals surface area contributed by atoms with E-state index in [1.54, 1.807) is 24.3 Å². The van der Waals surface area contributed by atoms with E-state index in [0.717, 1.165) is 10.5 Å². The first-order chi connectivity index (χ1) is 14.0. The molecule has 7 nitrogen and oxygen atoms in total. The number of esters is 1. The molecule has 1 aliphatic heterocycles. The van der Waals surface area contributed by atoms with Crippen LogP contribution in [0.2, 0.25) is 0 Å². The van der Waals surface area contributed by atoms with E-state index >= 15 is 0 Å². The molecule has 3 rings (SSSR count). The molecule has 7 heteroatoms. The third-order valence-electron chi connectivity index (χ3n) is 4.77. The molecule has 0 spiro atoms. The van der Waals surface area contributed by atoms with Crippen LogP contribution in [0.5, 0.6) is 0 Å². The number of rotatable bonds is 8. The van der Waals surface area contributed by atoms with E-state index in [1.807, 2.05) is 30.3 Å². The van der Waals surface area contributed by atoms with Crippen molar-refractivity contribution in [1.29, 1.82) is 0 Å². The number of methoxy groups -OCH3 is 1. The fraction of sp³-hybridized carbons (Fsp3) is 0.273. The Hall–Kier alpha value is -3.48. The number of fused-ring (bicyclic) bond motifs is 1. The predicted octanol–water partition coefficient (Wildman–Crippen LogP) is 1.96. The lowest BCUT2D eigenvalue weighted by atomic mass is 10.1. The molecule has 1 unspecified atom stereocenters. The van der Waals surface area contributed by atoms with Crippen LogP contribution in [0.4, 0.5) is 0 Å². The molecular formula is C22H22N2O5. The van der Waals surface area contributed by atoms with Crippen molar-refractivity contribution in [2.45, 2.75) is 25.3 Å². The van der Waals surface area contributed by atoms with Gasteiger partial charge in [0, 0.05) is 19.4 Å². The molecule has 1 aliphatic rings. The van der Waals surface area contributed by atoms with E-state index in [0.29, 0.717) is 24.0 Å². The zero-order valence-corrected chi connectivity index (χ0v) is 16.1. The van der Waals surface area contributed by atoms with Crippen molar-refractivity contribution in [2.24, 2.45) is 0 Å². The van der Waals surface area contributed by atoms with E-state index in [4.69, 9.17) is 4.74 Å². The van der Waals surface area contributed by atoms with Crippen molar-refractivity contribution in [2.75, 3.05) is 13.7 Å². The van der Waals surface area contributed by atoms with Gasteiger partial charge in [-0.05, 0) is 24.1 Å². The quantitative estimate of drug-likeness (QED) is 0.546. The molecule has 1 atom stereocenters. The van der Waals surface area contributed by atoms with Gasteiger partial charge in [0.25, 0.3) is 11.8 Å². The van der Waals surface area contributed by atoms with Crippen LogP contribution < -0.4 is 5.32 Å². The Morgan fingerprint density at radius 2 is 1.55 bits per heavy atom. The number of nitrogens with one attached hydrogen (secondary N) is 1. The number of imide groups is 1. The fourth-order valence-corrected chi connectivity index (χ4v) is 3.29. The lowest BCUT2D eigenvalue weighted by molar-refractivity contribution is -0.145. The molecule has 29 heavy (non-hydrogen) atoms. The molecule has 0 saturated carbocycles. The molecule has 0 radical (unpaired) electrons. The van der Waals surface area contributed by atoms with Crippen molar-refractivity contribution in [3.05, 3.63) is 71.3 Å². The number of carbonyl (C=O) groups is 4. The third kappa shape index (κ3) is 4.68. The van der Waals surface area contributed by atoms with Gasteiger partial charge in [-0.1, -0.05) is 42.5 Å². The first-order valence-electron chi connectivity index (χ1n) is 9.37. The summed E-state index contributed by atoms with van der Waals surface area (Å²) >= 11 is 0. The normalized spacial score (nSPS) is 13.8. The van der Waals surface area contributed by atoms with Crippen LogP contribution in [0, 0.1) is 0 Å². The number of nitrogens with zero attached hydrogens (tertiary/aromatic N) is 1. The Kier molecular flexibility index (Phi) is 6.39. The van der Waals surface area contributed by atoms with Gasteiger partial charge in [-0.25, -0.2) is 4.79 Å². The Morgan fingerprint density at radius 1 is 0.966 bits per heavy atom. The van der Waals surface area contributed by atoms with Gasteiger partial charge in [0.2, 0.25) is 5.91 Å². The van der Waals surface area contributed by atoms with Gasteiger partial charge in [-0.3, -0.25) is 19.3 Å². The van der Waals surface area contributed by atoms with Gasteiger partial charge in [-0.2, -0.15) is 0 Å². The van der Waals surface area contributed by atoms with Gasteiger partial charge in [0.15, 0.2) is 0 Å². The highest BCUT2D eigenvalue weighted by Gasteiger charge is 2.34. The molecule has 2 aromatic rings. The van der Waals surface area contributed by atoms with Crippen LogP contribution in [-0.4, -0.2) is 48.3 Å². The highest BCUT2D eigenvalue weighted by molar-refractivity contribution is 6.21. The van der Waals surface area contributed by atoms with E-state index in [9.17, 15) is 19.2 Å². The lowest BCUT2D eigenvalue weighted by Crippen LogP contribution is -2.43. The third-order valence-corrected chi connectivity index (χ3v) is 4.77. The minimum absolute atomic E-state index is 0.0791. The van der Waals surface area contributed by atoms with Gasteiger partial charge in [0.05, 0.1) is 18.2 Å². The van der Waals surface area contributed by atoms with E-state index < -0.39 is 12.0 Å². The molecule has 0 bridgehead atoms. The zero-order valence-electron chi connectivity index (χ0n) is 16.1. The monoisotopic (exact) mass is 394 g/mol. The smallest absolute Gasteiger partial charge is 0.328 e. The largest absolute Gasteiger partial charge is 0.467 e. The maximum absolute atomic E-state index is 12.3.